The molecule has 2 aromatic carbocycles. The van der Waals surface area contributed by atoms with E-state index in [2.05, 4.69) is 5.32 Å². The Morgan fingerprint density at radius 3 is 1.74 bits per heavy atom. The number of rotatable bonds is 12. The van der Waals surface area contributed by atoms with Gasteiger partial charge in [-0.3, -0.25) is 4.79 Å². The Hall–Kier alpha value is -2.30. The van der Waals surface area contributed by atoms with Crippen molar-refractivity contribution in [3.8, 4) is 11.5 Å². The van der Waals surface area contributed by atoms with Gasteiger partial charge < -0.3 is 20.1 Å². The zero-order chi connectivity index (χ0) is 22.9. The summed E-state index contributed by atoms with van der Waals surface area (Å²) in [6.45, 7) is 7.91. The van der Waals surface area contributed by atoms with Crippen LogP contribution in [-0.4, -0.2) is 17.7 Å². The molecule has 3 atom stereocenters. The fourth-order valence-electron chi connectivity index (χ4n) is 3.33. The van der Waals surface area contributed by atoms with Crippen molar-refractivity contribution >= 4 is 13.5 Å². The fourth-order valence-corrected chi connectivity index (χ4v) is 5.65. The lowest BCUT2D eigenvalue weighted by Crippen LogP contribution is -2.51. The molecule has 0 heterocycles. The van der Waals surface area contributed by atoms with Gasteiger partial charge >= 0.3 is 7.60 Å². The summed E-state index contributed by atoms with van der Waals surface area (Å²) in [4.78, 5) is 13.0. The fraction of sp³-hybridized carbons (Fsp3) is 0.458. The molecular formula is C24H35N2O4P. The van der Waals surface area contributed by atoms with Crippen molar-refractivity contribution in [2.75, 3.05) is 0 Å². The van der Waals surface area contributed by atoms with Gasteiger partial charge in [0.1, 0.15) is 11.5 Å². The Labute approximate surface area is 186 Å². The van der Waals surface area contributed by atoms with Gasteiger partial charge in [-0.2, -0.15) is 0 Å². The average Bonchev–Trinajstić information content (AvgIpc) is 2.79. The third-order valence-electron chi connectivity index (χ3n) is 5.64. The summed E-state index contributed by atoms with van der Waals surface area (Å²) in [5, 5.41) is 2.94. The first-order valence-electron chi connectivity index (χ1n) is 11.0. The molecule has 0 aromatic heterocycles. The summed E-state index contributed by atoms with van der Waals surface area (Å²) >= 11 is 0. The molecule has 0 aliphatic heterocycles. The lowest BCUT2D eigenvalue weighted by Gasteiger charge is -2.33. The van der Waals surface area contributed by atoms with Gasteiger partial charge in [0.25, 0.3) is 0 Å². The van der Waals surface area contributed by atoms with Gasteiger partial charge in [-0.15, -0.1) is 0 Å². The number of benzene rings is 2. The van der Waals surface area contributed by atoms with Crippen LogP contribution in [0.15, 0.2) is 60.7 Å². The zero-order valence-corrected chi connectivity index (χ0v) is 19.8. The summed E-state index contributed by atoms with van der Waals surface area (Å²) in [5.74, 6) is -0.486. The largest absolute Gasteiger partial charge is 0.453 e. The molecule has 0 aliphatic carbocycles. The molecule has 0 spiro atoms. The van der Waals surface area contributed by atoms with Crippen LogP contribution in [0.25, 0.3) is 0 Å². The summed E-state index contributed by atoms with van der Waals surface area (Å²) in [6, 6.07) is 17.1. The Balaban J connectivity index is 2.46. The minimum absolute atomic E-state index is 0.00757. The van der Waals surface area contributed by atoms with E-state index in [1.807, 2.05) is 39.8 Å². The topological polar surface area (TPSA) is 90.7 Å². The van der Waals surface area contributed by atoms with Crippen LogP contribution < -0.4 is 20.1 Å². The maximum Gasteiger partial charge on any atom is 0.453 e. The van der Waals surface area contributed by atoms with E-state index in [0.717, 1.165) is 6.42 Å². The van der Waals surface area contributed by atoms with E-state index < -0.39 is 19.4 Å². The second kappa shape index (κ2) is 11.9. The van der Waals surface area contributed by atoms with Gasteiger partial charge in [0.2, 0.25) is 5.91 Å². The highest BCUT2D eigenvalue weighted by molar-refractivity contribution is 7.55. The van der Waals surface area contributed by atoms with Crippen molar-refractivity contribution in [3.63, 3.8) is 0 Å². The predicted molar refractivity (Wildman–Crippen MR) is 125 cm³/mol. The molecule has 0 fully saturated rings. The Morgan fingerprint density at radius 2 is 1.35 bits per heavy atom. The van der Waals surface area contributed by atoms with E-state index in [4.69, 9.17) is 14.8 Å². The van der Waals surface area contributed by atoms with E-state index in [0.29, 0.717) is 24.3 Å². The van der Waals surface area contributed by atoms with E-state index in [9.17, 15) is 9.36 Å². The summed E-state index contributed by atoms with van der Waals surface area (Å²) in [6.07, 6.45) is 2.16. The van der Waals surface area contributed by atoms with Crippen molar-refractivity contribution in [1.82, 2.24) is 5.32 Å². The van der Waals surface area contributed by atoms with Gasteiger partial charge in [0.15, 0.2) is 5.78 Å². The second-order valence-corrected chi connectivity index (χ2v) is 9.79. The molecule has 170 valence electrons. The molecule has 1 amide bonds. The highest BCUT2D eigenvalue weighted by Crippen LogP contribution is 2.55. The van der Waals surface area contributed by atoms with E-state index in [1.165, 1.54) is 0 Å². The van der Waals surface area contributed by atoms with Crippen molar-refractivity contribution in [1.29, 1.82) is 0 Å². The van der Waals surface area contributed by atoms with E-state index in [1.54, 1.807) is 48.5 Å². The van der Waals surface area contributed by atoms with Gasteiger partial charge in [0.05, 0.1) is 6.04 Å². The molecule has 2 rings (SSSR count). The lowest BCUT2D eigenvalue weighted by atomic mass is 9.98. The van der Waals surface area contributed by atoms with Crippen molar-refractivity contribution in [2.45, 2.75) is 58.8 Å². The third-order valence-corrected chi connectivity index (χ3v) is 7.80. The highest BCUT2D eigenvalue weighted by atomic mass is 31.2. The molecule has 0 saturated carbocycles. The number of hydrogen-bond acceptors (Lipinski definition) is 5. The van der Waals surface area contributed by atoms with Crippen molar-refractivity contribution in [3.05, 3.63) is 60.7 Å². The van der Waals surface area contributed by atoms with Gasteiger partial charge in [-0.25, -0.2) is 4.57 Å². The van der Waals surface area contributed by atoms with Crippen LogP contribution >= 0.6 is 7.60 Å². The monoisotopic (exact) mass is 446 g/mol. The van der Waals surface area contributed by atoms with Crippen LogP contribution in [0.1, 0.15) is 47.0 Å². The molecule has 0 saturated heterocycles. The quantitative estimate of drug-likeness (QED) is 0.415. The molecule has 3 N–H and O–H groups in total. The van der Waals surface area contributed by atoms with E-state index in [-0.39, 0.29) is 17.7 Å². The van der Waals surface area contributed by atoms with Crippen molar-refractivity contribution in [2.24, 2.45) is 17.6 Å². The molecule has 7 heteroatoms. The normalized spacial score (nSPS) is 14.5. The van der Waals surface area contributed by atoms with Crippen LogP contribution in [0.5, 0.6) is 11.5 Å². The van der Waals surface area contributed by atoms with Crippen LogP contribution in [0.2, 0.25) is 0 Å². The standard InChI is InChI=1S/C24H35N2O4P/c1-5-18(4)22(25)23(27)26-24(19(6-2)7-3)31(28,29-20-14-10-8-11-15-20)30-21-16-12-9-13-17-21/h8-19,22,24H,5-7,25H2,1-4H3,(H,26,27)/t18-,22-,24?/m0/s1. The molecule has 6 nitrogen and oxygen atoms in total. The Morgan fingerprint density at radius 1 is 0.903 bits per heavy atom. The number of carbonyl (C=O) groups is 1. The van der Waals surface area contributed by atoms with Gasteiger partial charge in [0, 0.05) is 0 Å². The molecule has 1 unspecified atom stereocenters. The first-order chi connectivity index (χ1) is 14.8. The molecule has 2 aromatic rings. The number of para-hydroxylation sites is 2. The highest BCUT2D eigenvalue weighted by Gasteiger charge is 2.45. The van der Waals surface area contributed by atoms with E-state index >= 15 is 0 Å². The first-order valence-corrected chi connectivity index (χ1v) is 12.6. The zero-order valence-electron chi connectivity index (χ0n) is 18.9. The summed E-state index contributed by atoms with van der Waals surface area (Å²) < 4.78 is 26.3. The smallest absolute Gasteiger partial charge is 0.415 e. The van der Waals surface area contributed by atoms with Crippen molar-refractivity contribution < 1.29 is 18.4 Å². The van der Waals surface area contributed by atoms with Crippen LogP contribution in [0.4, 0.5) is 0 Å². The number of hydrogen-bond donors (Lipinski definition) is 2. The maximum absolute atomic E-state index is 14.3. The SMILES string of the molecule is CCC(CC)C(NC(=O)[C@@H](N)[C@@H](C)CC)P(=O)(Oc1ccccc1)Oc1ccccc1. The van der Waals surface area contributed by atoms with Gasteiger partial charge in [-0.05, 0) is 36.1 Å². The molecular weight excluding hydrogens is 411 g/mol. The maximum atomic E-state index is 14.3. The van der Waals surface area contributed by atoms with Crippen LogP contribution in [-0.2, 0) is 9.36 Å². The number of nitrogens with two attached hydrogens (primary N) is 1. The molecule has 31 heavy (non-hydrogen) atoms. The predicted octanol–water partition coefficient (Wildman–Crippen LogP) is 5.59. The molecule has 0 bridgehead atoms. The number of carbonyl (C=O) groups excluding carboxylic acids is 1. The Bertz CT molecular complexity index is 798. The Kier molecular flexibility index (Phi) is 9.60. The minimum atomic E-state index is -3.88. The lowest BCUT2D eigenvalue weighted by molar-refractivity contribution is -0.124. The summed E-state index contributed by atoms with van der Waals surface area (Å²) in [5.41, 5.74) is 6.17. The van der Waals surface area contributed by atoms with Gasteiger partial charge in [-0.1, -0.05) is 83.4 Å². The number of nitrogens with one attached hydrogen (secondary N) is 1. The third kappa shape index (κ3) is 6.84. The van der Waals surface area contributed by atoms with Crippen LogP contribution in [0, 0.1) is 11.8 Å². The molecule has 0 radical (unpaired) electrons. The summed E-state index contributed by atoms with van der Waals surface area (Å²) in [7, 11) is -3.88. The average molecular weight is 447 g/mol. The number of amides is 1. The first kappa shape index (κ1) is 25.0. The second-order valence-electron chi connectivity index (χ2n) is 7.79. The minimum Gasteiger partial charge on any atom is -0.415 e. The molecule has 0 aliphatic rings. The van der Waals surface area contributed by atoms with Crippen LogP contribution in [0.3, 0.4) is 0 Å².